The molecule has 2 bridgehead atoms. The number of nitrogens with zero attached hydrogens (tertiary/aromatic N) is 4. The number of aromatic nitrogens is 3. The van der Waals surface area contributed by atoms with E-state index < -0.39 is 5.72 Å². The Morgan fingerprint density at radius 2 is 2.11 bits per heavy atom. The highest BCUT2D eigenvalue weighted by Crippen LogP contribution is 2.42. The summed E-state index contributed by atoms with van der Waals surface area (Å²) < 4.78 is 10.5. The molecule has 6 nitrogen and oxygen atoms in total. The van der Waals surface area contributed by atoms with Gasteiger partial charge in [0.2, 0.25) is 5.72 Å². The first-order chi connectivity index (χ1) is 12.9. The van der Waals surface area contributed by atoms with E-state index in [4.69, 9.17) is 9.73 Å². The molecule has 27 heavy (non-hydrogen) atoms. The predicted octanol–water partition coefficient (Wildman–Crippen LogP) is 1.81. The van der Waals surface area contributed by atoms with Crippen molar-refractivity contribution in [3.63, 3.8) is 0 Å². The smallest absolute Gasteiger partial charge is 0.270 e. The minimum atomic E-state index is -0.631. The first-order valence-corrected chi connectivity index (χ1v) is 9.79. The number of rotatable bonds is 1. The summed E-state index contributed by atoms with van der Waals surface area (Å²) in [7, 11) is 1.92. The fraction of sp³-hybridized carbons (Fsp3) is 0.350. The Morgan fingerprint density at radius 3 is 2.85 bits per heavy atom. The van der Waals surface area contributed by atoms with Crippen LogP contribution in [0.2, 0.25) is 0 Å². The van der Waals surface area contributed by atoms with E-state index in [-0.39, 0.29) is 11.6 Å². The second-order valence-corrected chi connectivity index (χ2v) is 8.43. The molecule has 4 heterocycles. The van der Waals surface area contributed by atoms with Gasteiger partial charge in [-0.3, -0.25) is 14.0 Å². The number of benzene rings is 1. The molecular weight excluding hydrogens is 360 g/mol. The molecule has 3 aromatic rings. The van der Waals surface area contributed by atoms with Crippen molar-refractivity contribution in [2.45, 2.75) is 39.0 Å². The van der Waals surface area contributed by atoms with E-state index in [0.717, 1.165) is 33.1 Å². The zero-order chi connectivity index (χ0) is 18.9. The summed E-state index contributed by atoms with van der Waals surface area (Å²) >= 11 is 1.42. The molecule has 0 saturated carbocycles. The Labute approximate surface area is 160 Å². The van der Waals surface area contributed by atoms with Gasteiger partial charge in [0.1, 0.15) is 5.75 Å². The lowest BCUT2D eigenvalue weighted by Crippen LogP contribution is -2.49. The average molecular weight is 380 g/mol. The van der Waals surface area contributed by atoms with Crippen LogP contribution < -0.4 is 19.6 Å². The number of hydrogen-bond donors (Lipinski definition) is 0. The van der Waals surface area contributed by atoms with Crippen LogP contribution in [-0.4, -0.2) is 20.1 Å². The predicted molar refractivity (Wildman–Crippen MR) is 104 cm³/mol. The molecule has 5 rings (SSSR count). The summed E-state index contributed by atoms with van der Waals surface area (Å²) in [5, 5.41) is 4.45. The van der Waals surface area contributed by atoms with Crippen molar-refractivity contribution < 1.29 is 4.74 Å². The van der Waals surface area contributed by atoms with Gasteiger partial charge in [0.15, 0.2) is 4.80 Å². The van der Waals surface area contributed by atoms with E-state index >= 15 is 0 Å². The summed E-state index contributed by atoms with van der Waals surface area (Å²) in [4.78, 5) is 18.8. The Bertz CT molecular complexity index is 1270. The highest BCUT2D eigenvalue weighted by atomic mass is 32.1. The van der Waals surface area contributed by atoms with Gasteiger partial charge in [-0.2, -0.15) is 5.10 Å². The van der Waals surface area contributed by atoms with Crippen LogP contribution in [0.3, 0.4) is 0 Å². The van der Waals surface area contributed by atoms with Crippen molar-refractivity contribution in [1.29, 1.82) is 0 Å². The molecule has 2 atom stereocenters. The summed E-state index contributed by atoms with van der Waals surface area (Å²) in [5.74, 6) is 0.813. The number of thiazole rings is 1. The zero-order valence-corrected chi connectivity index (χ0v) is 16.5. The molecule has 1 aromatic carbocycles. The first-order valence-electron chi connectivity index (χ1n) is 8.97. The number of aryl methyl sites for hydroxylation is 2. The maximum Gasteiger partial charge on any atom is 0.270 e. The van der Waals surface area contributed by atoms with Gasteiger partial charge in [-0.15, -0.1) is 0 Å². The number of hydrogen-bond acceptors (Lipinski definition) is 5. The van der Waals surface area contributed by atoms with Crippen molar-refractivity contribution in [2.24, 2.45) is 12.0 Å². The number of para-hydroxylation sites is 1. The van der Waals surface area contributed by atoms with Gasteiger partial charge in [0, 0.05) is 30.3 Å². The van der Waals surface area contributed by atoms with Gasteiger partial charge < -0.3 is 4.74 Å². The van der Waals surface area contributed by atoms with Gasteiger partial charge in [0.05, 0.1) is 16.3 Å². The molecule has 0 spiro atoms. The fourth-order valence-corrected chi connectivity index (χ4v) is 5.17. The third kappa shape index (κ3) is 2.34. The lowest BCUT2D eigenvalue weighted by atomic mass is 9.93. The monoisotopic (exact) mass is 380 g/mol. The lowest BCUT2D eigenvalue weighted by Gasteiger charge is -2.39. The Kier molecular flexibility index (Phi) is 3.31. The van der Waals surface area contributed by atoms with Crippen LogP contribution >= 0.6 is 11.3 Å². The van der Waals surface area contributed by atoms with Gasteiger partial charge in [0.25, 0.3) is 5.56 Å². The van der Waals surface area contributed by atoms with E-state index in [0.29, 0.717) is 11.0 Å². The topological polar surface area (TPSA) is 61.4 Å². The third-order valence-electron chi connectivity index (χ3n) is 5.50. The molecule has 0 fully saturated rings. The van der Waals surface area contributed by atoms with E-state index in [1.54, 1.807) is 0 Å². The van der Waals surface area contributed by atoms with E-state index in [1.807, 2.05) is 67.4 Å². The maximum atomic E-state index is 13.3. The molecule has 7 heteroatoms. The van der Waals surface area contributed by atoms with Crippen LogP contribution in [0.5, 0.6) is 5.75 Å². The molecule has 2 aromatic heterocycles. The van der Waals surface area contributed by atoms with Crippen LogP contribution in [0, 0.1) is 13.8 Å². The van der Waals surface area contributed by atoms with Gasteiger partial charge in [-0.1, -0.05) is 29.5 Å². The maximum absolute atomic E-state index is 13.3. The van der Waals surface area contributed by atoms with Crippen molar-refractivity contribution in [1.82, 2.24) is 14.3 Å². The van der Waals surface area contributed by atoms with Crippen molar-refractivity contribution >= 4 is 17.4 Å². The second-order valence-electron chi connectivity index (χ2n) is 7.42. The third-order valence-corrected chi connectivity index (χ3v) is 6.48. The van der Waals surface area contributed by atoms with Crippen LogP contribution in [0.4, 0.5) is 0 Å². The van der Waals surface area contributed by atoms with Crippen molar-refractivity contribution in [2.75, 3.05) is 0 Å². The number of fused-ring (bicyclic) bond motifs is 6. The van der Waals surface area contributed by atoms with E-state index in [2.05, 4.69) is 5.10 Å². The minimum absolute atomic E-state index is 0.00477. The molecule has 0 N–H and O–H groups in total. The molecule has 0 unspecified atom stereocenters. The molecule has 2 aliphatic rings. The van der Waals surface area contributed by atoms with Gasteiger partial charge >= 0.3 is 0 Å². The van der Waals surface area contributed by atoms with Crippen molar-refractivity contribution in [3.8, 4) is 5.75 Å². The molecule has 0 amide bonds. The Morgan fingerprint density at radius 1 is 1.33 bits per heavy atom. The SMILES string of the molecule is Cc1nn(C)c(C)c1/C=c1\sc2n(c1=O)[C@@H]1C[C@@](C)(N=2)Oc2ccccc21. The van der Waals surface area contributed by atoms with Gasteiger partial charge in [-0.25, -0.2) is 4.99 Å². The van der Waals surface area contributed by atoms with Crippen LogP contribution in [-0.2, 0) is 7.05 Å². The van der Waals surface area contributed by atoms with Gasteiger partial charge in [-0.05, 0) is 32.9 Å². The molecule has 2 aliphatic heterocycles. The molecule has 0 aliphatic carbocycles. The summed E-state index contributed by atoms with van der Waals surface area (Å²) in [6.07, 6.45) is 2.61. The standard InChI is InChI=1S/C20H20N4O2S/c1-11-14(12(2)23(4)22-11)9-17-18(25)24-15-10-20(3,21-19(24)27-17)26-16-8-6-5-7-13(15)16/h5-9,15H,10H2,1-4H3/b17-9-/t15-,20+/m1/s1. The largest absolute Gasteiger partial charge is 0.466 e. The molecule has 0 saturated heterocycles. The summed E-state index contributed by atoms with van der Waals surface area (Å²) in [5.41, 5.74) is 3.38. The first kappa shape index (κ1) is 16.5. The fourth-order valence-electron chi connectivity index (χ4n) is 4.07. The normalized spacial score (nSPS) is 23.4. The zero-order valence-electron chi connectivity index (χ0n) is 15.7. The summed E-state index contributed by atoms with van der Waals surface area (Å²) in [6.45, 7) is 5.97. The van der Waals surface area contributed by atoms with Crippen LogP contribution in [0.15, 0.2) is 34.1 Å². The summed E-state index contributed by atoms with van der Waals surface area (Å²) in [6, 6.07) is 7.89. The molecular formula is C20H20N4O2S. The lowest BCUT2D eigenvalue weighted by molar-refractivity contribution is 0.0410. The highest BCUT2D eigenvalue weighted by molar-refractivity contribution is 7.07. The molecule has 0 radical (unpaired) electrons. The highest BCUT2D eigenvalue weighted by Gasteiger charge is 2.42. The minimum Gasteiger partial charge on any atom is -0.466 e. The molecule has 138 valence electrons. The Balaban J connectivity index is 1.78. The quantitative estimate of drug-likeness (QED) is 0.647. The van der Waals surface area contributed by atoms with Crippen molar-refractivity contribution in [3.05, 3.63) is 66.5 Å². The Hall–Kier alpha value is -2.67. The average Bonchev–Trinajstić information content (AvgIpc) is 3.04. The van der Waals surface area contributed by atoms with Crippen LogP contribution in [0.1, 0.15) is 41.9 Å². The number of ether oxygens (including phenoxy) is 1. The van der Waals surface area contributed by atoms with E-state index in [9.17, 15) is 4.79 Å². The van der Waals surface area contributed by atoms with E-state index in [1.165, 1.54) is 11.3 Å². The van der Waals surface area contributed by atoms with Crippen LogP contribution in [0.25, 0.3) is 6.08 Å². The second kappa shape index (κ2) is 5.42.